The Morgan fingerprint density at radius 1 is 1.10 bits per heavy atom. The van der Waals surface area contributed by atoms with Crippen LogP contribution in [0.5, 0.6) is 0 Å². The van der Waals surface area contributed by atoms with E-state index < -0.39 is 0 Å². The predicted molar refractivity (Wildman–Crippen MR) is 113 cm³/mol. The summed E-state index contributed by atoms with van der Waals surface area (Å²) in [6.45, 7) is 2.44. The van der Waals surface area contributed by atoms with Crippen LogP contribution in [0.3, 0.4) is 0 Å². The monoisotopic (exact) mass is 406 g/mol. The Kier molecular flexibility index (Phi) is 5.62. The van der Waals surface area contributed by atoms with Gasteiger partial charge in [0.25, 0.3) is 0 Å². The van der Waals surface area contributed by atoms with Gasteiger partial charge in [-0.1, -0.05) is 30.3 Å². The van der Waals surface area contributed by atoms with E-state index in [4.69, 9.17) is 4.42 Å². The van der Waals surface area contributed by atoms with Crippen LogP contribution < -0.4 is 0 Å². The minimum atomic E-state index is -0.316. The fourth-order valence-electron chi connectivity index (χ4n) is 3.62. The fraction of sp³-hybridized carbons (Fsp3) is 0.217. The third kappa shape index (κ3) is 4.32. The van der Waals surface area contributed by atoms with Crippen molar-refractivity contribution in [3.05, 3.63) is 88.1 Å². The molecule has 2 amide bonds. The van der Waals surface area contributed by atoms with Gasteiger partial charge in [-0.15, -0.1) is 11.3 Å². The van der Waals surface area contributed by atoms with Crippen LogP contribution in [0.4, 0.5) is 0 Å². The predicted octanol–water partition coefficient (Wildman–Crippen LogP) is 4.83. The van der Waals surface area contributed by atoms with Crippen molar-refractivity contribution in [2.75, 3.05) is 0 Å². The molecule has 5 nitrogen and oxygen atoms in total. The first-order valence-corrected chi connectivity index (χ1v) is 10.4. The van der Waals surface area contributed by atoms with Crippen LogP contribution in [0.2, 0.25) is 0 Å². The van der Waals surface area contributed by atoms with Gasteiger partial charge < -0.3 is 14.2 Å². The second kappa shape index (κ2) is 8.49. The van der Waals surface area contributed by atoms with E-state index in [0.717, 1.165) is 21.8 Å². The Labute approximate surface area is 173 Å². The fourth-order valence-corrected chi connectivity index (χ4v) is 4.34. The maximum Gasteiger partial charge on any atom is 0.225 e. The number of carbonyl (C=O) groups excluding carboxylic acids is 2. The molecule has 0 bridgehead atoms. The molecule has 2 aromatic heterocycles. The van der Waals surface area contributed by atoms with Gasteiger partial charge in [0, 0.05) is 18.0 Å². The molecule has 3 aromatic rings. The van der Waals surface area contributed by atoms with Crippen molar-refractivity contribution in [2.24, 2.45) is 0 Å². The van der Waals surface area contributed by atoms with Crippen molar-refractivity contribution in [3.63, 3.8) is 0 Å². The number of hydrogen-bond acceptors (Lipinski definition) is 4. The summed E-state index contributed by atoms with van der Waals surface area (Å²) in [5.41, 5.74) is 2.03. The number of thiophene rings is 1. The van der Waals surface area contributed by atoms with E-state index in [2.05, 4.69) is 0 Å². The molecule has 0 N–H and O–H groups in total. The zero-order valence-electron chi connectivity index (χ0n) is 16.2. The quantitative estimate of drug-likeness (QED) is 0.589. The summed E-state index contributed by atoms with van der Waals surface area (Å²) in [5, 5.41) is 2.00. The molecule has 1 aliphatic rings. The van der Waals surface area contributed by atoms with Crippen molar-refractivity contribution in [2.45, 2.75) is 32.5 Å². The van der Waals surface area contributed by atoms with Crippen molar-refractivity contribution in [3.8, 4) is 0 Å². The molecule has 0 radical (unpaired) electrons. The van der Waals surface area contributed by atoms with Crippen LogP contribution >= 0.6 is 11.3 Å². The first-order chi connectivity index (χ1) is 14.1. The average Bonchev–Trinajstić information content (AvgIpc) is 3.41. The number of nitrogens with zero attached hydrogens (tertiary/aromatic N) is 2. The SMILES string of the molecule is CC(=O)N1C=Cc2ccccc2C1CC(=O)N(Cc1ccco1)Cc1cccs1. The van der Waals surface area contributed by atoms with Gasteiger partial charge in [-0.3, -0.25) is 9.59 Å². The Hall–Kier alpha value is -3.12. The van der Waals surface area contributed by atoms with Gasteiger partial charge in [-0.25, -0.2) is 0 Å². The zero-order chi connectivity index (χ0) is 20.2. The number of fused-ring (bicyclic) bond motifs is 1. The van der Waals surface area contributed by atoms with Gasteiger partial charge in [0.15, 0.2) is 0 Å². The number of rotatable bonds is 6. The summed E-state index contributed by atoms with van der Waals surface area (Å²) < 4.78 is 5.47. The van der Waals surface area contributed by atoms with Crippen molar-refractivity contribution >= 4 is 29.2 Å². The van der Waals surface area contributed by atoms with Crippen molar-refractivity contribution < 1.29 is 14.0 Å². The Bertz CT molecular complexity index is 972. The molecule has 1 aliphatic heterocycles. The third-order valence-corrected chi connectivity index (χ3v) is 5.90. The molecule has 0 saturated carbocycles. The lowest BCUT2D eigenvalue weighted by molar-refractivity contribution is -0.135. The summed E-state index contributed by atoms with van der Waals surface area (Å²) in [6, 6.07) is 15.3. The van der Waals surface area contributed by atoms with Crippen LogP contribution in [0.25, 0.3) is 6.08 Å². The van der Waals surface area contributed by atoms with Crippen molar-refractivity contribution in [1.29, 1.82) is 0 Å². The van der Waals surface area contributed by atoms with E-state index in [0.29, 0.717) is 13.1 Å². The Balaban J connectivity index is 1.59. The van der Waals surface area contributed by atoms with E-state index in [1.807, 2.05) is 60.0 Å². The van der Waals surface area contributed by atoms with Crippen LogP contribution in [0.1, 0.15) is 41.2 Å². The molecule has 3 heterocycles. The molecule has 6 heteroatoms. The molecule has 0 saturated heterocycles. The number of carbonyl (C=O) groups is 2. The molecule has 148 valence electrons. The average molecular weight is 407 g/mol. The van der Waals surface area contributed by atoms with Gasteiger partial charge in [0.05, 0.1) is 31.8 Å². The first kappa shape index (κ1) is 19.2. The van der Waals surface area contributed by atoms with E-state index in [-0.39, 0.29) is 24.3 Å². The summed E-state index contributed by atoms with van der Waals surface area (Å²) in [7, 11) is 0. The van der Waals surface area contributed by atoms with Gasteiger partial charge in [0.2, 0.25) is 11.8 Å². The lowest BCUT2D eigenvalue weighted by atomic mass is 9.93. The minimum absolute atomic E-state index is 0.0175. The molecule has 0 aliphatic carbocycles. The van der Waals surface area contributed by atoms with E-state index in [9.17, 15) is 9.59 Å². The van der Waals surface area contributed by atoms with Crippen LogP contribution in [-0.4, -0.2) is 21.6 Å². The highest BCUT2D eigenvalue weighted by atomic mass is 32.1. The van der Waals surface area contributed by atoms with E-state index >= 15 is 0 Å². The number of benzene rings is 1. The summed E-state index contributed by atoms with van der Waals surface area (Å²) >= 11 is 1.62. The second-order valence-electron chi connectivity index (χ2n) is 7.00. The topological polar surface area (TPSA) is 53.8 Å². The second-order valence-corrected chi connectivity index (χ2v) is 8.03. The van der Waals surface area contributed by atoms with Gasteiger partial charge in [-0.05, 0) is 40.8 Å². The third-order valence-electron chi connectivity index (χ3n) is 5.04. The van der Waals surface area contributed by atoms with Crippen LogP contribution in [0, 0.1) is 0 Å². The molecule has 0 spiro atoms. The maximum atomic E-state index is 13.4. The van der Waals surface area contributed by atoms with E-state index in [1.165, 1.54) is 6.92 Å². The molecule has 29 heavy (non-hydrogen) atoms. The normalized spacial score (nSPS) is 15.2. The molecule has 1 aromatic carbocycles. The minimum Gasteiger partial charge on any atom is -0.467 e. The van der Waals surface area contributed by atoms with E-state index in [1.54, 1.807) is 33.6 Å². The lowest BCUT2D eigenvalue weighted by Crippen LogP contribution is -2.37. The maximum absolute atomic E-state index is 13.4. The zero-order valence-corrected chi connectivity index (χ0v) is 17.0. The van der Waals surface area contributed by atoms with Gasteiger partial charge >= 0.3 is 0 Å². The molecule has 1 atom stereocenters. The summed E-state index contributed by atoms with van der Waals surface area (Å²) in [4.78, 5) is 30.1. The summed E-state index contributed by atoms with van der Waals surface area (Å²) in [5.74, 6) is 0.641. The van der Waals surface area contributed by atoms with Crippen LogP contribution in [0.15, 0.2) is 70.8 Å². The number of furan rings is 1. The van der Waals surface area contributed by atoms with Gasteiger partial charge in [-0.2, -0.15) is 0 Å². The first-order valence-electron chi connectivity index (χ1n) is 9.50. The van der Waals surface area contributed by atoms with Crippen LogP contribution in [-0.2, 0) is 22.7 Å². The standard InChI is InChI=1S/C23H22N2O3S/c1-17(26)25-11-10-18-6-2-3-9-21(18)22(25)14-23(27)24(15-19-7-4-12-28-19)16-20-8-5-13-29-20/h2-13,22H,14-16H2,1H3. The Morgan fingerprint density at radius 3 is 2.69 bits per heavy atom. The molecule has 4 rings (SSSR count). The smallest absolute Gasteiger partial charge is 0.225 e. The highest BCUT2D eigenvalue weighted by Gasteiger charge is 2.30. The molecular formula is C23H22N2O3S. The van der Waals surface area contributed by atoms with Crippen molar-refractivity contribution in [1.82, 2.24) is 9.80 Å². The van der Waals surface area contributed by atoms with Gasteiger partial charge in [0.1, 0.15) is 5.76 Å². The lowest BCUT2D eigenvalue weighted by Gasteiger charge is -2.33. The summed E-state index contributed by atoms with van der Waals surface area (Å²) in [6.07, 6.45) is 5.53. The molecular weight excluding hydrogens is 384 g/mol. The number of hydrogen-bond donors (Lipinski definition) is 0. The Morgan fingerprint density at radius 2 is 1.97 bits per heavy atom. The highest BCUT2D eigenvalue weighted by Crippen LogP contribution is 2.33. The number of amides is 2. The largest absolute Gasteiger partial charge is 0.467 e. The molecule has 0 fully saturated rings. The highest BCUT2D eigenvalue weighted by molar-refractivity contribution is 7.09. The molecule has 1 unspecified atom stereocenters.